The zero-order valence-electron chi connectivity index (χ0n) is 15.5. The highest BCUT2D eigenvalue weighted by Gasteiger charge is 2.37. The molecular weight excluding hydrogens is 332 g/mol. The first-order valence-corrected chi connectivity index (χ1v) is 11.3. The Kier molecular flexibility index (Phi) is 4.27. The van der Waals surface area contributed by atoms with Gasteiger partial charge in [0.15, 0.2) is 0 Å². The predicted octanol–water partition coefficient (Wildman–Crippen LogP) is 5.13. The maximum Gasteiger partial charge on any atom is 0.124 e. The molecule has 3 saturated carbocycles. The number of rotatable bonds is 4. The van der Waals surface area contributed by atoms with Crippen molar-refractivity contribution < 1.29 is 13.0 Å². The molecule has 0 unspecified atom stereocenters. The van der Waals surface area contributed by atoms with Crippen LogP contribution in [0.25, 0.3) is 0 Å². The third-order valence-electron chi connectivity index (χ3n) is 6.89. The summed E-state index contributed by atoms with van der Waals surface area (Å²) in [4.78, 5) is 0.150. The maximum absolute atomic E-state index is 12.2. The molecule has 0 aliphatic heterocycles. The molecule has 3 nitrogen and oxygen atoms in total. The molecule has 25 heavy (non-hydrogen) atoms. The van der Waals surface area contributed by atoms with E-state index in [0.29, 0.717) is 17.8 Å². The van der Waals surface area contributed by atoms with Crippen LogP contribution >= 0.6 is 0 Å². The van der Waals surface area contributed by atoms with Crippen LogP contribution in [-0.2, 0) is 10.1 Å². The third kappa shape index (κ3) is 3.16. The van der Waals surface area contributed by atoms with Crippen LogP contribution in [0.3, 0.4) is 0 Å². The Labute approximate surface area is 152 Å². The van der Waals surface area contributed by atoms with E-state index in [9.17, 15) is 13.0 Å². The fourth-order valence-electron chi connectivity index (χ4n) is 5.32. The molecule has 3 fully saturated rings. The van der Waals surface area contributed by atoms with Crippen molar-refractivity contribution in [3.63, 3.8) is 0 Å². The fraction of sp³-hybridized carbons (Fsp3) is 0.714. The van der Waals surface area contributed by atoms with Crippen molar-refractivity contribution in [3.8, 4) is 0 Å². The summed E-state index contributed by atoms with van der Waals surface area (Å²) in [5.74, 6) is 3.07. The second-order valence-corrected chi connectivity index (χ2v) is 10.6. The van der Waals surface area contributed by atoms with Gasteiger partial charge in [0.25, 0.3) is 0 Å². The van der Waals surface area contributed by atoms with Gasteiger partial charge in [-0.05, 0) is 90.7 Å². The first-order valence-electron chi connectivity index (χ1n) is 9.86. The number of hydrogen-bond donors (Lipinski definition) is 0. The van der Waals surface area contributed by atoms with Crippen molar-refractivity contribution in [2.75, 3.05) is 0 Å². The molecule has 1 aromatic carbocycles. The van der Waals surface area contributed by atoms with E-state index >= 15 is 0 Å². The lowest BCUT2D eigenvalue weighted by Crippen LogP contribution is -2.27. The highest BCUT2D eigenvalue weighted by atomic mass is 32.2. The van der Waals surface area contributed by atoms with Gasteiger partial charge in [0.1, 0.15) is 10.1 Å². The molecule has 0 N–H and O–H groups in total. The van der Waals surface area contributed by atoms with Crippen LogP contribution in [0.4, 0.5) is 0 Å². The fourth-order valence-corrected chi connectivity index (χ4v) is 6.35. The largest absolute Gasteiger partial charge is 0.744 e. The normalized spacial score (nSPS) is 37.8. The first-order chi connectivity index (χ1) is 11.7. The molecule has 0 radical (unpaired) electrons. The van der Waals surface area contributed by atoms with Gasteiger partial charge >= 0.3 is 0 Å². The molecule has 4 heteroatoms. The van der Waals surface area contributed by atoms with Crippen molar-refractivity contribution >= 4 is 10.1 Å². The summed E-state index contributed by atoms with van der Waals surface area (Å²) in [5.41, 5.74) is 2.98. The summed E-state index contributed by atoms with van der Waals surface area (Å²) >= 11 is 0. The lowest BCUT2D eigenvalue weighted by atomic mass is 9.66. The van der Waals surface area contributed by atoms with Crippen LogP contribution < -0.4 is 0 Å². The summed E-state index contributed by atoms with van der Waals surface area (Å²) in [6.45, 7) is 6.68. The van der Waals surface area contributed by atoms with Crippen molar-refractivity contribution in [2.45, 2.75) is 81.9 Å². The van der Waals surface area contributed by atoms with E-state index < -0.39 is 10.1 Å². The lowest BCUT2D eigenvalue weighted by Gasteiger charge is -2.41. The summed E-state index contributed by atoms with van der Waals surface area (Å²) in [7, 11) is -4.43. The minimum Gasteiger partial charge on any atom is -0.744 e. The van der Waals surface area contributed by atoms with Gasteiger partial charge in [-0.1, -0.05) is 32.9 Å². The Bertz CT molecular complexity index is 725. The molecule has 0 bridgehead atoms. The van der Waals surface area contributed by atoms with Crippen LogP contribution in [0.1, 0.15) is 93.7 Å². The maximum atomic E-state index is 12.2. The van der Waals surface area contributed by atoms with E-state index in [4.69, 9.17) is 0 Å². The monoisotopic (exact) mass is 361 g/mol. The Morgan fingerprint density at radius 2 is 1.12 bits per heavy atom. The van der Waals surface area contributed by atoms with Crippen LogP contribution in [0.2, 0.25) is 0 Å². The highest BCUT2D eigenvalue weighted by Crippen LogP contribution is 2.51. The van der Waals surface area contributed by atoms with Gasteiger partial charge in [-0.15, -0.1) is 0 Å². The Morgan fingerprint density at radius 3 is 1.44 bits per heavy atom. The minimum absolute atomic E-state index is 0.150. The van der Waals surface area contributed by atoms with Crippen LogP contribution in [0.15, 0.2) is 17.0 Å². The van der Waals surface area contributed by atoms with Crippen LogP contribution in [0, 0.1) is 17.8 Å². The van der Waals surface area contributed by atoms with Gasteiger partial charge in [0.2, 0.25) is 0 Å². The summed E-state index contributed by atoms with van der Waals surface area (Å²) in [5, 5.41) is 0. The second kappa shape index (κ2) is 6.09. The van der Waals surface area contributed by atoms with E-state index in [2.05, 4.69) is 32.9 Å². The SMILES string of the molecule is CC1CC(c2cc(C3CC(C)C3)c(S(=O)(=O)[O-])c(C3CC(C)C3)c2)C1. The average molecular weight is 362 g/mol. The molecule has 1 aromatic rings. The van der Waals surface area contributed by atoms with Gasteiger partial charge in [0, 0.05) is 0 Å². The quantitative estimate of drug-likeness (QED) is 0.698. The smallest absolute Gasteiger partial charge is 0.124 e. The molecule has 0 spiro atoms. The van der Waals surface area contributed by atoms with E-state index in [1.807, 2.05) is 0 Å². The summed E-state index contributed by atoms with van der Waals surface area (Å²) < 4.78 is 36.6. The minimum atomic E-state index is -4.43. The Hall–Kier alpha value is -0.870. The van der Waals surface area contributed by atoms with Crippen molar-refractivity contribution in [1.82, 2.24) is 0 Å². The van der Waals surface area contributed by atoms with E-state index in [1.165, 1.54) is 18.4 Å². The second-order valence-electron chi connectivity index (χ2n) is 9.30. The molecule has 0 atom stereocenters. The Balaban J connectivity index is 1.81. The average Bonchev–Trinajstić information content (AvgIpc) is 2.43. The van der Waals surface area contributed by atoms with Gasteiger partial charge < -0.3 is 4.55 Å². The van der Waals surface area contributed by atoms with Gasteiger partial charge in [0.05, 0.1) is 4.90 Å². The van der Waals surface area contributed by atoms with Crippen LogP contribution in [0.5, 0.6) is 0 Å². The van der Waals surface area contributed by atoms with Gasteiger partial charge in [-0.2, -0.15) is 0 Å². The lowest BCUT2D eigenvalue weighted by molar-refractivity contribution is 0.269. The van der Waals surface area contributed by atoms with Crippen LogP contribution in [-0.4, -0.2) is 13.0 Å². The molecule has 0 aromatic heterocycles. The molecule has 0 saturated heterocycles. The summed E-state index contributed by atoms with van der Waals surface area (Å²) in [6, 6.07) is 4.17. The molecule has 0 amide bonds. The molecule has 3 aliphatic rings. The Morgan fingerprint density at radius 1 is 0.760 bits per heavy atom. The number of hydrogen-bond acceptors (Lipinski definition) is 3. The topological polar surface area (TPSA) is 57.2 Å². The standard InChI is InChI=1S/C21H30O3S/c1-12-4-15(5-12)16-10-19(17-6-13(2)7-17)21(25(22,23)24)20(11-16)18-8-14(3)9-18/h10-15,17-18H,4-9H2,1-3H3,(H,22,23,24)/p-1. The van der Waals surface area contributed by atoms with Gasteiger partial charge in [-0.25, -0.2) is 8.42 Å². The van der Waals surface area contributed by atoms with E-state index in [-0.39, 0.29) is 16.7 Å². The van der Waals surface area contributed by atoms with Crippen molar-refractivity contribution in [3.05, 3.63) is 28.8 Å². The first kappa shape index (κ1) is 17.5. The molecule has 3 aliphatic carbocycles. The molecule has 4 rings (SSSR count). The van der Waals surface area contributed by atoms with E-state index in [0.717, 1.165) is 42.7 Å². The third-order valence-corrected chi connectivity index (χ3v) is 7.86. The molecular formula is C21H29O3S-. The highest BCUT2D eigenvalue weighted by molar-refractivity contribution is 7.85. The zero-order valence-corrected chi connectivity index (χ0v) is 16.3. The van der Waals surface area contributed by atoms with Crippen molar-refractivity contribution in [2.24, 2.45) is 17.8 Å². The molecule has 0 heterocycles. The molecule has 138 valence electrons. The van der Waals surface area contributed by atoms with Crippen molar-refractivity contribution in [1.29, 1.82) is 0 Å². The number of benzene rings is 1. The zero-order chi connectivity index (χ0) is 17.9. The van der Waals surface area contributed by atoms with E-state index in [1.54, 1.807) is 0 Å². The summed E-state index contributed by atoms with van der Waals surface area (Å²) in [6.07, 6.45) is 6.40. The predicted molar refractivity (Wildman–Crippen MR) is 97.8 cm³/mol. The van der Waals surface area contributed by atoms with Gasteiger partial charge in [-0.3, -0.25) is 0 Å².